The topological polar surface area (TPSA) is 54.0 Å². The molecule has 0 radical (unpaired) electrons. The highest BCUT2D eigenvalue weighted by molar-refractivity contribution is 5.75. The number of esters is 1. The van der Waals surface area contributed by atoms with Gasteiger partial charge in [0.15, 0.2) is 0 Å². The summed E-state index contributed by atoms with van der Waals surface area (Å²) in [4.78, 5) is 11.8. The Morgan fingerprint density at radius 3 is 1.90 bits per heavy atom. The molecule has 5 nitrogen and oxygen atoms in total. The number of ether oxygens (including phenoxy) is 4. The molecule has 1 saturated heterocycles. The Kier molecular flexibility index (Phi) is 4.06. The van der Waals surface area contributed by atoms with E-state index in [0.717, 1.165) is 5.56 Å². The van der Waals surface area contributed by atoms with Gasteiger partial charge in [0.05, 0.1) is 32.8 Å². The largest absolute Gasteiger partial charge is 0.496 e. The first-order chi connectivity index (χ1) is 9.53. The van der Waals surface area contributed by atoms with Crippen LogP contribution >= 0.6 is 0 Å². The van der Waals surface area contributed by atoms with Crippen LogP contribution in [0.2, 0.25) is 0 Å². The minimum Gasteiger partial charge on any atom is -0.496 e. The van der Waals surface area contributed by atoms with Crippen LogP contribution in [0.3, 0.4) is 0 Å². The Morgan fingerprint density at radius 1 is 1.00 bits per heavy atom. The normalized spacial score (nSPS) is 25.2. The first-order valence-electron chi connectivity index (χ1n) is 6.53. The predicted octanol–water partition coefficient (Wildman–Crippen LogP) is 2.58. The fourth-order valence-electron chi connectivity index (χ4n) is 2.45. The van der Waals surface area contributed by atoms with Crippen molar-refractivity contribution >= 4 is 5.97 Å². The zero-order valence-electron chi connectivity index (χ0n) is 12.4. The summed E-state index contributed by atoms with van der Waals surface area (Å²) >= 11 is 0. The molecule has 1 heterocycles. The van der Waals surface area contributed by atoms with Crippen LogP contribution in [0.5, 0.6) is 17.2 Å². The van der Waals surface area contributed by atoms with Gasteiger partial charge in [-0.25, -0.2) is 0 Å². The summed E-state index contributed by atoms with van der Waals surface area (Å²) in [5.41, 5.74) is 0.751. The van der Waals surface area contributed by atoms with Gasteiger partial charge in [0.2, 0.25) is 0 Å². The molecule has 0 spiro atoms. The van der Waals surface area contributed by atoms with Crippen LogP contribution in [0.15, 0.2) is 12.1 Å². The molecule has 0 N–H and O–H groups in total. The van der Waals surface area contributed by atoms with Crippen LogP contribution in [-0.2, 0) is 9.53 Å². The summed E-state index contributed by atoms with van der Waals surface area (Å²) in [6.45, 7) is 3.86. The van der Waals surface area contributed by atoms with Crippen molar-refractivity contribution in [3.05, 3.63) is 17.7 Å². The van der Waals surface area contributed by atoms with Gasteiger partial charge in [0.25, 0.3) is 0 Å². The van der Waals surface area contributed by atoms with Crippen LogP contribution in [0.25, 0.3) is 0 Å². The van der Waals surface area contributed by atoms with Crippen LogP contribution in [-0.4, -0.2) is 27.3 Å². The second-order valence-corrected chi connectivity index (χ2v) is 4.95. The van der Waals surface area contributed by atoms with E-state index in [9.17, 15) is 4.79 Å². The van der Waals surface area contributed by atoms with Crippen LogP contribution in [0.4, 0.5) is 0 Å². The van der Waals surface area contributed by atoms with Gasteiger partial charge >= 0.3 is 5.97 Å². The van der Waals surface area contributed by atoms with E-state index in [1.165, 1.54) is 0 Å². The molecule has 0 saturated carbocycles. The molecule has 0 aliphatic carbocycles. The third-order valence-corrected chi connectivity index (χ3v) is 3.92. The molecule has 1 aliphatic heterocycles. The van der Waals surface area contributed by atoms with E-state index in [4.69, 9.17) is 18.9 Å². The molecular weight excluding hydrogens is 260 g/mol. The van der Waals surface area contributed by atoms with Crippen molar-refractivity contribution in [2.24, 2.45) is 11.8 Å². The molecule has 0 amide bonds. The molecule has 20 heavy (non-hydrogen) atoms. The SMILES string of the molecule is COc1cc(OC)c([C@@H]2OC(=O)[C@@H](C)[C@@H]2C)c(OC)c1. The molecule has 2 rings (SSSR count). The second kappa shape index (κ2) is 5.61. The van der Waals surface area contributed by atoms with Crippen molar-refractivity contribution in [3.63, 3.8) is 0 Å². The zero-order valence-corrected chi connectivity index (χ0v) is 12.4. The van der Waals surface area contributed by atoms with Gasteiger partial charge in [-0.05, 0) is 0 Å². The van der Waals surface area contributed by atoms with Gasteiger partial charge in [-0.15, -0.1) is 0 Å². The highest BCUT2D eigenvalue weighted by Crippen LogP contribution is 2.47. The van der Waals surface area contributed by atoms with Gasteiger partial charge in [0, 0.05) is 18.1 Å². The Hall–Kier alpha value is -1.91. The van der Waals surface area contributed by atoms with Crippen LogP contribution in [0, 0.1) is 11.8 Å². The number of hydrogen-bond donors (Lipinski definition) is 0. The van der Waals surface area contributed by atoms with E-state index in [0.29, 0.717) is 17.2 Å². The van der Waals surface area contributed by atoms with E-state index in [1.807, 2.05) is 13.8 Å². The summed E-state index contributed by atoms with van der Waals surface area (Å²) in [6, 6.07) is 3.53. The maximum atomic E-state index is 11.8. The van der Waals surface area contributed by atoms with E-state index in [1.54, 1.807) is 33.5 Å². The Balaban J connectivity index is 2.52. The lowest BCUT2D eigenvalue weighted by Gasteiger charge is -2.21. The quantitative estimate of drug-likeness (QED) is 0.793. The first kappa shape index (κ1) is 14.5. The van der Waals surface area contributed by atoms with Crippen LogP contribution in [0.1, 0.15) is 25.5 Å². The summed E-state index contributed by atoms with van der Waals surface area (Å²) in [5.74, 6) is 1.55. The van der Waals surface area contributed by atoms with E-state index < -0.39 is 0 Å². The number of carbonyl (C=O) groups is 1. The van der Waals surface area contributed by atoms with E-state index in [2.05, 4.69) is 0 Å². The highest BCUT2D eigenvalue weighted by atomic mass is 16.6. The monoisotopic (exact) mass is 280 g/mol. The lowest BCUT2D eigenvalue weighted by Crippen LogP contribution is -2.11. The second-order valence-electron chi connectivity index (χ2n) is 4.95. The van der Waals surface area contributed by atoms with E-state index in [-0.39, 0.29) is 23.9 Å². The van der Waals surface area contributed by atoms with Gasteiger partial charge < -0.3 is 18.9 Å². The molecule has 1 aromatic rings. The third kappa shape index (κ3) is 2.28. The number of carbonyl (C=O) groups excluding carboxylic acids is 1. The molecule has 1 aromatic carbocycles. The molecule has 1 fully saturated rings. The first-order valence-corrected chi connectivity index (χ1v) is 6.53. The molecule has 0 aromatic heterocycles. The Labute approximate surface area is 118 Å². The molecular formula is C15H20O5. The number of hydrogen-bond acceptors (Lipinski definition) is 5. The molecule has 110 valence electrons. The van der Waals surface area contributed by atoms with Crippen LogP contribution < -0.4 is 14.2 Å². The minimum absolute atomic E-state index is 0.0543. The van der Waals surface area contributed by atoms with E-state index >= 15 is 0 Å². The molecule has 1 aliphatic rings. The highest BCUT2D eigenvalue weighted by Gasteiger charge is 2.42. The minimum atomic E-state index is -0.367. The van der Waals surface area contributed by atoms with Gasteiger partial charge in [-0.2, -0.15) is 0 Å². The molecule has 3 atom stereocenters. The number of methoxy groups -OCH3 is 3. The summed E-state index contributed by atoms with van der Waals surface area (Å²) in [7, 11) is 4.72. The summed E-state index contributed by atoms with van der Waals surface area (Å²) in [6.07, 6.45) is -0.367. The van der Waals surface area contributed by atoms with Gasteiger partial charge in [-0.1, -0.05) is 13.8 Å². The molecule has 0 bridgehead atoms. The summed E-state index contributed by atoms with van der Waals surface area (Å²) < 4.78 is 21.5. The average Bonchev–Trinajstić information content (AvgIpc) is 2.73. The van der Waals surface area contributed by atoms with Crippen molar-refractivity contribution in [3.8, 4) is 17.2 Å². The molecule has 5 heteroatoms. The fraction of sp³-hybridized carbons (Fsp3) is 0.533. The van der Waals surface area contributed by atoms with Gasteiger partial charge in [0.1, 0.15) is 23.4 Å². The average molecular weight is 280 g/mol. The smallest absolute Gasteiger partial charge is 0.309 e. The maximum absolute atomic E-state index is 11.8. The van der Waals surface area contributed by atoms with Crippen molar-refractivity contribution in [2.75, 3.05) is 21.3 Å². The van der Waals surface area contributed by atoms with Crippen molar-refractivity contribution < 1.29 is 23.7 Å². The predicted molar refractivity (Wildman–Crippen MR) is 73.3 cm³/mol. The lowest BCUT2D eigenvalue weighted by atomic mass is 9.89. The maximum Gasteiger partial charge on any atom is 0.309 e. The zero-order chi connectivity index (χ0) is 14.9. The fourth-order valence-corrected chi connectivity index (χ4v) is 2.45. The molecule has 0 unspecified atom stereocenters. The van der Waals surface area contributed by atoms with Crippen molar-refractivity contribution in [1.82, 2.24) is 0 Å². The standard InChI is InChI=1S/C15H20O5/c1-8-9(2)15(16)20-14(8)13-11(18-4)6-10(17-3)7-12(13)19-5/h6-9,14H,1-5H3/t8-,9-,14+/m0/s1. The third-order valence-electron chi connectivity index (χ3n) is 3.92. The number of cyclic esters (lactones) is 1. The van der Waals surface area contributed by atoms with Gasteiger partial charge in [-0.3, -0.25) is 4.79 Å². The van der Waals surface area contributed by atoms with Crippen molar-refractivity contribution in [2.45, 2.75) is 20.0 Å². The number of rotatable bonds is 4. The number of benzene rings is 1. The van der Waals surface area contributed by atoms with Crippen molar-refractivity contribution in [1.29, 1.82) is 0 Å². The lowest BCUT2D eigenvalue weighted by molar-refractivity contribution is -0.144. The summed E-state index contributed by atoms with van der Waals surface area (Å²) in [5, 5.41) is 0. The Morgan fingerprint density at radius 2 is 1.55 bits per heavy atom. The Bertz CT molecular complexity index is 486.